The Balaban J connectivity index is 0.00000200. The third-order valence-electron chi connectivity index (χ3n) is 3.63. The summed E-state index contributed by atoms with van der Waals surface area (Å²) in [5.41, 5.74) is 0.739. The van der Waals surface area contributed by atoms with E-state index in [9.17, 15) is 4.39 Å². The second kappa shape index (κ2) is 8.18. The summed E-state index contributed by atoms with van der Waals surface area (Å²) in [7, 11) is 0. The van der Waals surface area contributed by atoms with Crippen LogP contribution < -0.4 is 5.32 Å². The quantitative estimate of drug-likeness (QED) is 0.905. The molecule has 5 heteroatoms. The van der Waals surface area contributed by atoms with Gasteiger partial charge in [-0.3, -0.25) is 4.90 Å². The average molecular weight is 321 g/mol. The summed E-state index contributed by atoms with van der Waals surface area (Å²) in [5.74, 6) is 0.270. The average Bonchev–Trinajstić information content (AvgIpc) is 2.40. The number of piperazine rings is 1. The second-order valence-electron chi connectivity index (χ2n) is 5.57. The molecular formula is C15H23Cl2FN2. The molecule has 0 spiro atoms. The van der Waals surface area contributed by atoms with Gasteiger partial charge in [-0.2, -0.15) is 0 Å². The summed E-state index contributed by atoms with van der Waals surface area (Å²) >= 11 is 5.93. The van der Waals surface area contributed by atoms with E-state index in [-0.39, 0.29) is 29.3 Å². The molecule has 1 saturated heterocycles. The summed E-state index contributed by atoms with van der Waals surface area (Å²) in [6.45, 7) is 8.22. The van der Waals surface area contributed by atoms with Gasteiger partial charge in [0.2, 0.25) is 0 Å². The fourth-order valence-corrected chi connectivity index (χ4v) is 2.87. The molecule has 0 unspecified atom stereocenters. The number of hydrogen-bond acceptors (Lipinski definition) is 2. The van der Waals surface area contributed by atoms with Gasteiger partial charge >= 0.3 is 0 Å². The van der Waals surface area contributed by atoms with E-state index in [1.807, 2.05) is 12.1 Å². The fraction of sp³-hybridized carbons (Fsp3) is 0.600. The lowest BCUT2D eigenvalue weighted by atomic mass is 9.94. The highest BCUT2D eigenvalue weighted by Gasteiger charge is 2.26. The topological polar surface area (TPSA) is 15.3 Å². The van der Waals surface area contributed by atoms with Crippen molar-refractivity contribution in [2.75, 3.05) is 26.2 Å². The van der Waals surface area contributed by atoms with Crippen LogP contribution in [0.1, 0.15) is 31.9 Å². The summed E-state index contributed by atoms with van der Waals surface area (Å²) in [6.07, 6.45) is 0.956. The van der Waals surface area contributed by atoms with Gasteiger partial charge in [-0.1, -0.05) is 37.6 Å². The SMILES string of the molecule is CC(C)C[C@H](c1cccc(Cl)c1F)N1CCNCC1.Cl. The van der Waals surface area contributed by atoms with E-state index in [0.29, 0.717) is 5.92 Å². The Kier molecular flexibility index (Phi) is 7.24. The summed E-state index contributed by atoms with van der Waals surface area (Å²) in [5, 5.41) is 3.56. The van der Waals surface area contributed by atoms with Gasteiger partial charge in [-0.25, -0.2) is 4.39 Å². The van der Waals surface area contributed by atoms with E-state index in [1.54, 1.807) is 6.07 Å². The van der Waals surface area contributed by atoms with Crippen molar-refractivity contribution < 1.29 is 4.39 Å². The lowest BCUT2D eigenvalue weighted by Gasteiger charge is -2.36. The van der Waals surface area contributed by atoms with Gasteiger partial charge in [0.05, 0.1) is 5.02 Å². The van der Waals surface area contributed by atoms with E-state index in [1.165, 1.54) is 0 Å². The summed E-state index contributed by atoms with van der Waals surface area (Å²) < 4.78 is 14.3. The molecule has 1 atom stereocenters. The molecule has 1 heterocycles. The minimum Gasteiger partial charge on any atom is -0.314 e. The minimum atomic E-state index is -0.256. The summed E-state index contributed by atoms with van der Waals surface area (Å²) in [4.78, 5) is 2.37. The summed E-state index contributed by atoms with van der Waals surface area (Å²) in [6, 6.07) is 5.46. The monoisotopic (exact) mass is 320 g/mol. The standard InChI is InChI=1S/C15H22ClFN2.ClH/c1-11(2)10-14(19-8-6-18-7-9-19)12-4-3-5-13(16)15(12)17;/h3-5,11,14,18H,6-10H2,1-2H3;1H/t14-;/m1./s1. The maximum atomic E-state index is 14.3. The molecule has 0 aliphatic carbocycles. The Bertz CT molecular complexity index is 420. The largest absolute Gasteiger partial charge is 0.314 e. The first-order chi connectivity index (χ1) is 9.09. The van der Waals surface area contributed by atoms with Crippen LogP contribution in [-0.2, 0) is 0 Å². The van der Waals surface area contributed by atoms with Gasteiger partial charge in [0.1, 0.15) is 5.82 Å². The molecule has 1 aliphatic heterocycles. The number of nitrogens with zero attached hydrogens (tertiary/aromatic N) is 1. The number of benzene rings is 1. The van der Waals surface area contributed by atoms with E-state index in [4.69, 9.17) is 11.6 Å². The van der Waals surface area contributed by atoms with Crippen LogP contribution in [0.2, 0.25) is 5.02 Å². The maximum Gasteiger partial charge on any atom is 0.146 e. The zero-order valence-corrected chi connectivity index (χ0v) is 13.6. The van der Waals surface area contributed by atoms with Crippen LogP contribution in [0.5, 0.6) is 0 Å². The fourth-order valence-electron chi connectivity index (χ4n) is 2.69. The molecule has 114 valence electrons. The molecule has 1 fully saturated rings. The predicted octanol–water partition coefficient (Wildman–Crippen LogP) is 3.89. The van der Waals surface area contributed by atoms with Crippen molar-refractivity contribution in [2.45, 2.75) is 26.3 Å². The van der Waals surface area contributed by atoms with Crippen LogP contribution in [0.15, 0.2) is 18.2 Å². The van der Waals surface area contributed by atoms with Gasteiger partial charge in [-0.15, -0.1) is 12.4 Å². The number of hydrogen-bond donors (Lipinski definition) is 1. The van der Waals surface area contributed by atoms with E-state index in [2.05, 4.69) is 24.1 Å². The second-order valence-corrected chi connectivity index (χ2v) is 5.98. The van der Waals surface area contributed by atoms with E-state index >= 15 is 0 Å². The maximum absolute atomic E-state index is 14.3. The molecule has 0 amide bonds. The normalized spacial score (nSPS) is 17.9. The third-order valence-corrected chi connectivity index (χ3v) is 3.92. The predicted molar refractivity (Wildman–Crippen MR) is 85.3 cm³/mol. The zero-order chi connectivity index (χ0) is 13.8. The van der Waals surface area contributed by atoms with Crippen molar-refractivity contribution in [3.05, 3.63) is 34.6 Å². The van der Waals surface area contributed by atoms with Crippen molar-refractivity contribution in [1.82, 2.24) is 10.2 Å². The Morgan fingerprint density at radius 2 is 1.95 bits per heavy atom. The molecule has 0 aromatic heterocycles. The zero-order valence-electron chi connectivity index (χ0n) is 12.0. The molecule has 2 nitrogen and oxygen atoms in total. The first-order valence-electron chi connectivity index (χ1n) is 6.98. The number of rotatable bonds is 4. The van der Waals surface area contributed by atoms with Crippen LogP contribution in [0, 0.1) is 11.7 Å². The van der Waals surface area contributed by atoms with Crippen molar-refractivity contribution in [3.8, 4) is 0 Å². The highest BCUT2D eigenvalue weighted by Crippen LogP contribution is 2.32. The van der Waals surface area contributed by atoms with Crippen LogP contribution in [-0.4, -0.2) is 31.1 Å². The molecule has 2 rings (SSSR count). The van der Waals surface area contributed by atoms with Crippen molar-refractivity contribution >= 4 is 24.0 Å². The van der Waals surface area contributed by atoms with Crippen molar-refractivity contribution in [2.24, 2.45) is 5.92 Å². The molecule has 1 aliphatic rings. The molecule has 0 saturated carbocycles. The molecule has 1 aromatic carbocycles. The molecular weight excluding hydrogens is 298 g/mol. The van der Waals surface area contributed by atoms with Crippen LogP contribution >= 0.6 is 24.0 Å². The first kappa shape index (κ1) is 17.7. The minimum absolute atomic E-state index is 0. The van der Waals surface area contributed by atoms with Crippen LogP contribution in [0.4, 0.5) is 4.39 Å². The lowest BCUT2D eigenvalue weighted by Crippen LogP contribution is -2.45. The van der Waals surface area contributed by atoms with Gasteiger partial charge in [0.15, 0.2) is 0 Å². The smallest absolute Gasteiger partial charge is 0.146 e. The van der Waals surface area contributed by atoms with Gasteiger partial charge in [0, 0.05) is 37.8 Å². The Labute approximate surface area is 132 Å². The van der Waals surface area contributed by atoms with E-state index in [0.717, 1.165) is 38.2 Å². The van der Waals surface area contributed by atoms with Gasteiger partial charge in [0.25, 0.3) is 0 Å². The Hall–Kier alpha value is -0.350. The van der Waals surface area contributed by atoms with Crippen LogP contribution in [0.3, 0.4) is 0 Å². The molecule has 0 radical (unpaired) electrons. The van der Waals surface area contributed by atoms with Gasteiger partial charge in [-0.05, 0) is 18.4 Å². The van der Waals surface area contributed by atoms with Crippen molar-refractivity contribution in [1.29, 1.82) is 0 Å². The Morgan fingerprint density at radius 1 is 1.30 bits per heavy atom. The van der Waals surface area contributed by atoms with Crippen LogP contribution in [0.25, 0.3) is 0 Å². The first-order valence-corrected chi connectivity index (χ1v) is 7.36. The number of halogens is 3. The molecule has 0 bridgehead atoms. The number of nitrogens with one attached hydrogen (secondary N) is 1. The molecule has 1 N–H and O–H groups in total. The third kappa shape index (κ3) is 4.32. The highest BCUT2D eigenvalue weighted by molar-refractivity contribution is 6.30. The lowest BCUT2D eigenvalue weighted by molar-refractivity contribution is 0.151. The molecule has 1 aromatic rings. The highest BCUT2D eigenvalue weighted by atomic mass is 35.5. The Morgan fingerprint density at radius 3 is 2.55 bits per heavy atom. The van der Waals surface area contributed by atoms with Gasteiger partial charge < -0.3 is 5.32 Å². The van der Waals surface area contributed by atoms with E-state index < -0.39 is 0 Å². The molecule has 20 heavy (non-hydrogen) atoms. The van der Waals surface area contributed by atoms with Crippen molar-refractivity contribution in [3.63, 3.8) is 0 Å².